The number of benzene rings is 1. The summed E-state index contributed by atoms with van der Waals surface area (Å²) in [5.41, 5.74) is 1.99. The Morgan fingerprint density at radius 2 is 1.97 bits per heavy atom. The first kappa shape index (κ1) is 28.9. The molecule has 0 radical (unpaired) electrons. The number of nitrogens with one attached hydrogen (secondary N) is 3. The molecular weight excluding hydrogens is 488 g/mol. The Morgan fingerprint density at radius 3 is 2.55 bits per heavy atom. The van der Waals surface area contributed by atoms with Gasteiger partial charge in [0.25, 0.3) is 5.91 Å². The monoisotopic (exact) mass is 526 g/mol. The molecule has 4 N–H and O–H groups in total. The molecule has 0 aliphatic carbocycles. The lowest BCUT2D eigenvalue weighted by Crippen LogP contribution is -2.53. The van der Waals surface area contributed by atoms with Crippen LogP contribution in [0.15, 0.2) is 36.4 Å². The van der Waals surface area contributed by atoms with Crippen molar-refractivity contribution in [2.75, 3.05) is 20.3 Å². The molecule has 0 saturated carbocycles. The molecule has 0 spiro atoms. The maximum absolute atomic E-state index is 13.6. The first-order valence-electron chi connectivity index (χ1n) is 12.9. The number of amides is 3. The molecule has 38 heavy (non-hydrogen) atoms. The van der Waals surface area contributed by atoms with Crippen molar-refractivity contribution in [2.45, 2.75) is 58.7 Å². The topological polar surface area (TPSA) is 139 Å². The van der Waals surface area contributed by atoms with Crippen LogP contribution < -0.4 is 20.7 Å². The number of ketones is 1. The number of aliphatic hydroxyl groups is 1. The molecule has 1 aromatic heterocycles. The van der Waals surface area contributed by atoms with Crippen molar-refractivity contribution in [3.05, 3.63) is 42.1 Å². The summed E-state index contributed by atoms with van der Waals surface area (Å²) in [5.74, 6) is -1.51. The third kappa shape index (κ3) is 6.80. The minimum Gasteiger partial charge on any atom is -0.496 e. The van der Waals surface area contributed by atoms with E-state index in [0.717, 1.165) is 16.5 Å². The van der Waals surface area contributed by atoms with Crippen LogP contribution in [-0.2, 0) is 20.9 Å². The highest BCUT2D eigenvalue weighted by Crippen LogP contribution is 2.29. The molecular formula is C28H38N4O6. The van der Waals surface area contributed by atoms with E-state index >= 15 is 0 Å². The van der Waals surface area contributed by atoms with Crippen molar-refractivity contribution in [1.29, 1.82) is 0 Å². The van der Waals surface area contributed by atoms with Crippen molar-refractivity contribution < 1.29 is 29.0 Å². The largest absolute Gasteiger partial charge is 0.496 e. The Morgan fingerprint density at radius 1 is 1.24 bits per heavy atom. The van der Waals surface area contributed by atoms with E-state index in [1.807, 2.05) is 43.5 Å². The second-order valence-corrected chi connectivity index (χ2v) is 10.3. The van der Waals surface area contributed by atoms with Gasteiger partial charge in [-0.05, 0) is 50.3 Å². The highest BCUT2D eigenvalue weighted by molar-refractivity contribution is 6.02. The highest BCUT2D eigenvalue weighted by atomic mass is 16.5. The molecule has 0 bridgehead atoms. The van der Waals surface area contributed by atoms with Crippen LogP contribution in [0.5, 0.6) is 5.75 Å². The van der Waals surface area contributed by atoms with Crippen molar-refractivity contribution >= 4 is 34.4 Å². The number of Topliss-reactive ketones (excluding diaryl/α,β-unsaturated/α-hetero) is 1. The standard InChI is InChI=1S/C28H38N4O6/c1-16(2)11-21(27(36)30-20(24(34)15-33)12-18-9-10-29-26(18)35)31-28(37)23-13-19-22(32(23)14-17(3)4)7-6-8-25(19)38-5/h6-8,13,16,18,20-21,33H,3,9-12,14-15H2,1-2,4-5H3,(H,29,35)(H,30,36)(H,31,37)/t18-,20-,21-/m0/s1. The van der Waals surface area contributed by atoms with E-state index in [2.05, 4.69) is 22.5 Å². The van der Waals surface area contributed by atoms with Crippen LogP contribution in [0, 0.1) is 11.8 Å². The molecule has 0 unspecified atom stereocenters. The molecule has 3 atom stereocenters. The van der Waals surface area contributed by atoms with Crippen molar-refractivity contribution in [3.8, 4) is 5.75 Å². The van der Waals surface area contributed by atoms with Gasteiger partial charge in [-0.2, -0.15) is 0 Å². The average molecular weight is 527 g/mol. The van der Waals surface area contributed by atoms with Gasteiger partial charge >= 0.3 is 0 Å². The van der Waals surface area contributed by atoms with E-state index in [4.69, 9.17) is 4.74 Å². The van der Waals surface area contributed by atoms with E-state index in [0.29, 0.717) is 37.4 Å². The molecule has 10 nitrogen and oxygen atoms in total. The van der Waals surface area contributed by atoms with Gasteiger partial charge in [0.15, 0.2) is 5.78 Å². The first-order chi connectivity index (χ1) is 18.0. The number of fused-ring (bicyclic) bond motifs is 1. The van der Waals surface area contributed by atoms with Crippen LogP contribution >= 0.6 is 0 Å². The number of carbonyl (C=O) groups is 4. The minimum absolute atomic E-state index is 0.0556. The number of allylic oxidation sites excluding steroid dienone is 1. The van der Waals surface area contributed by atoms with E-state index in [9.17, 15) is 24.3 Å². The summed E-state index contributed by atoms with van der Waals surface area (Å²) in [5, 5.41) is 18.5. The number of carbonyl (C=O) groups excluding carboxylic acids is 4. The van der Waals surface area contributed by atoms with Crippen molar-refractivity contribution in [1.82, 2.24) is 20.5 Å². The van der Waals surface area contributed by atoms with Gasteiger partial charge in [-0.3, -0.25) is 19.2 Å². The Bertz CT molecular complexity index is 1220. The van der Waals surface area contributed by atoms with Crippen molar-refractivity contribution in [2.24, 2.45) is 11.8 Å². The number of hydrogen-bond acceptors (Lipinski definition) is 6. The summed E-state index contributed by atoms with van der Waals surface area (Å²) in [7, 11) is 1.56. The van der Waals surface area contributed by atoms with E-state index < -0.39 is 42.2 Å². The Labute approximate surface area is 222 Å². The SMILES string of the molecule is C=C(C)Cn1c(C(=O)N[C@@H](CC(C)C)C(=O)N[C@@H](C[C@@H]2CCNC2=O)C(=O)CO)cc2c(OC)cccc21. The summed E-state index contributed by atoms with van der Waals surface area (Å²) in [6.45, 7) is 9.85. The fourth-order valence-corrected chi connectivity index (χ4v) is 4.81. The van der Waals surface area contributed by atoms with Crippen LogP contribution in [0.3, 0.4) is 0 Å². The van der Waals surface area contributed by atoms with Gasteiger partial charge in [-0.25, -0.2) is 0 Å². The maximum Gasteiger partial charge on any atom is 0.268 e. The number of ether oxygens (including phenoxy) is 1. The van der Waals surface area contributed by atoms with Gasteiger partial charge in [-0.1, -0.05) is 32.1 Å². The number of methoxy groups -OCH3 is 1. The molecule has 1 aromatic carbocycles. The van der Waals surface area contributed by atoms with Gasteiger partial charge in [-0.15, -0.1) is 0 Å². The fraction of sp³-hybridized carbons (Fsp3) is 0.500. The average Bonchev–Trinajstić information content (AvgIpc) is 3.44. The zero-order valence-corrected chi connectivity index (χ0v) is 22.5. The third-order valence-corrected chi connectivity index (χ3v) is 6.66. The quantitative estimate of drug-likeness (QED) is 0.294. The molecule has 206 valence electrons. The number of hydrogen-bond donors (Lipinski definition) is 4. The number of aliphatic hydroxyl groups excluding tert-OH is 1. The zero-order chi connectivity index (χ0) is 28.0. The van der Waals surface area contributed by atoms with Crippen LogP contribution in [0.4, 0.5) is 0 Å². The predicted molar refractivity (Wildman–Crippen MR) is 144 cm³/mol. The lowest BCUT2D eigenvalue weighted by molar-refractivity contribution is -0.131. The highest BCUT2D eigenvalue weighted by Gasteiger charge is 2.33. The predicted octanol–water partition coefficient (Wildman–Crippen LogP) is 1.94. The lowest BCUT2D eigenvalue weighted by atomic mass is 9.95. The molecule has 3 amide bonds. The zero-order valence-electron chi connectivity index (χ0n) is 22.5. The summed E-state index contributed by atoms with van der Waals surface area (Å²) in [6, 6.07) is 5.30. The van der Waals surface area contributed by atoms with Gasteiger partial charge in [0.1, 0.15) is 24.1 Å². The van der Waals surface area contributed by atoms with Gasteiger partial charge in [0, 0.05) is 24.4 Å². The number of rotatable bonds is 13. The second-order valence-electron chi connectivity index (χ2n) is 10.3. The number of aromatic nitrogens is 1. The second kappa shape index (κ2) is 12.7. The molecule has 1 aliphatic rings. The fourth-order valence-electron chi connectivity index (χ4n) is 4.81. The molecule has 1 aliphatic heterocycles. The van der Waals surface area contributed by atoms with Gasteiger partial charge in [0.2, 0.25) is 11.8 Å². The Kier molecular flexibility index (Phi) is 9.68. The third-order valence-electron chi connectivity index (χ3n) is 6.66. The smallest absolute Gasteiger partial charge is 0.268 e. The van der Waals surface area contributed by atoms with Gasteiger partial charge < -0.3 is 30.4 Å². The Hall–Kier alpha value is -3.66. The summed E-state index contributed by atoms with van der Waals surface area (Å²) in [4.78, 5) is 51.4. The maximum atomic E-state index is 13.6. The molecule has 1 fully saturated rings. The van der Waals surface area contributed by atoms with Gasteiger partial charge in [0.05, 0.1) is 18.7 Å². The summed E-state index contributed by atoms with van der Waals surface area (Å²) >= 11 is 0. The minimum atomic E-state index is -1.04. The van der Waals surface area contributed by atoms with Crippen molar-refractivity contribution in [3.63, 3.8) is 0 Å². The summed E-state index contributed by atoms with van der Waals surface area (Å²) < 4.78 is 7.31. The molecule has 2 heterocycles. The normalized spacial score (nSPS) is 16.7. The first-order valence-corrected chi connectivity index (χ1v) is 12.9. The molecule has 2 aromatic rings. The Balaban J connectivity index is 1.87. The molecule has 3 rings (SSSR count). The van der Waals surface area contributed by atoms with Crippen LogP contribution in [-0.4, -0.2) is 65.5 Å². The van der Waals surface area contributed by atoms with Crippen LogP contribution in [0.25, 0.3) is 10.9 Å². The van der Waals surface area contributed by atoms with Crippen LogP contribution in [0.2, 0.25) is 0 Å². The van der Waals surface area contributed by atoms with E-state index in [1.165, 1.54) is 0 Å². The molecule has 10 heteroatoms. The van der Waals surface area contributed by atoms with Crippen LogP contribution in [0.1, 0.15) is 50.5 Å². The summed E-state index contributed by atoms with van der Waals surface area (Å²) in [6.07, 6.45) is 0.963. The lowest BCUT2D eigenvalue weighted by Gasteiger charge is -2.25. The van der Waals surface area contributed by atoms with E-state index in [1.54, 1.807) is 13.2 Å². The van der Waals surface area contributed by atoms with E-state index in [-0.39, 0.29) is 18.2 Å². The molecule has 1 saturated heterocycles. The number of nitrogens with zero attached hydrogens (tertiary/aromatic N) is 1.